The van der Waals surface area contributed by atoms with E-state index in [1.54, 1.807) is 12.1 Å². The van der Waals surface area contributed by atoms with Gasteiger partial charge in [-0.1, -0.05) is 40.9 Å². The average molecular weight is 397 g/mol. The van der Waals surface area contributed by atoms with E-state index in [0.717, 1.165) is 23.1 Å². The molecule has 3 aromatic rings. The third kappa shape index (κ3) is 2.49. The fourth-order valence-electron chi connectivity index (χ4n) is 3.27. The normalized spacial score (nSPS) is 12.8. The maximum atomic E-state index is 12.2. The minimum Gasteiger partial charge on any atom is -0.276 e. The van der Waals surface area contributed by atoms with Crippen molar-refractivity contribution in [2.45, 2.75) is 12.8 Å². The Morgan fingerprint density at radius 1 is 1.00 bits per heavy atom. The molecule has 1 aliphatic rings. The van der Waals surface area contributed by atoms with Gasteiger partial charge in [0.2, 0.25) is 0 Å². The maximum absolute atomic E-state index is 12.2. The predicted molar refractivity (Wildman–Crippen MR) is 99.8 cm³/mol. The zero-order chi connectivity index (χ0) is 17.0. The lowest BCUT2D eigenvalue weighted by atomic mass is 9.85. The van der Waals surface area contributed by atoms with Crippen molar-refractivity contribution in [3.63, 3.8) is 0 Å². The number of aromatic nitrogens is 1. The number of nitrogens with zero attached hydrogens (tertiary/aromatic N) is 1. The Kier molecular flexibility index (Phi) is 3.97. The summed E-state index contributed by atoms with van der Waals surface area (Å²) in [5, 5.41) is 1.48. The van der Waals surface area contributed by atoms with E-state index in [2.05, 4.69) is 0 Å². The van der Waals surface area contributed by atoms with Crippen molar-refractivity contribution in [3.05, 3.63) is 62.1 Å². The number of pyridine rings is 1. The van der Waals surface area contributed by atoms with Gasteiger partial charge in [0.05, 0.1) is 16.2 Å². The quantitative estimate of drug-likeness (QED) is 0.449. The summed E-state index contributed by atoms with van der Waals surface area (Å²) in [6.07, 6.45) is 1.46. The lowest BCUT2D eigenvalue weighted by Gasteiger charge is -2.22. The van der Waals surface area contributed by atoms with Crippen molar-refractivity contribution in [1.29, 1.82) is 0 Å². The Balaban J connectivity index is 2.17. The molecule has 0 saturated carbocycles. The third-order valence-corrected chi connectivity index (χ3v) is 5.21. The van der Waals surface area contributed by atoms with Gasteiger partial charge in [0.1, 0.15) is 0 Å². The third-order valence-electron chi connectivity index (χ3n) is 4.28. The minimum atomic E-state index is -0.539. The molecule has 0 saturated heterocycles. The zero-order valence-corrected chi connectivity index (χ0v) is 15.2. The van der Waals surface area contributed by atoms with Crippen LogP contribution in [0.2, 0.25) is 15.1 Å². The van der Waals surface area contributed by atoms with Gasteiger partial charge in [-0.2, -0.15) is 0 Å². The van der Waals surface area contributed by atoms with E-state index in [1.807, 2.05) is 18.2 Å². The second-order valence-electron chi connectivity index (χ2n) is 5.67. The summed E-state index contributed by atoms with van der Waals surface area (Å²) >= 11 is 24.5. The highest BCUT2D eigenvalue weighted by molar-refractivity contribution is 6.69. The van der Waals surface area contributed by atoms with E-state index in [-0.39, 0.29) is 0 Å². The molecule has 0 fully saturated rings. The summed E-state index contributed by atoms with van der Waals surface area (Å²) in [4.78, 5) is 16.9. The number of rotatable bonds is 1. The fourth-order valence-corrected chi connectivity index (χ4v) is 4.19. The van der Waals surface area contributed by atoms with Crippen molar-refractivity contribution < 1.29 is 4.79 Å². The predicted octanol–water partition coefficient (Wildman–Crippen LogP) is 6.34. The van der Waals surface area contributed by atoms with Crippen molar-refractivity contribution in [2.75, 3.05) is 0 Å². The van der Waals surface area contributed by atoms with Gasteiger partial charge in [0.15, 0.2) is 0 Å². The summed E-state index contributed by atoms with van der Waals surface area (Å²) in [5.74, 6) is 0. The molecule has 6 heteroatoms. The minimum absolute atomic E-state index is 0.383. The standard InChI is InChI=1S/C18H9Cl4NO/c19-9-3-1-8-2-4-11-15(18(22)24)13-6-10(20)7-14(21)17(13)23-16(11)12(8)5-9/h1,3,5-7H,2,4H2. The zero-order valence-electron chi connectivity index (χ0n) is 12.2. The summed E-state index contributed by atoms with van der Waals surface area (Å²) in [6, 6.07) is 8.99. The highest BCUT2D eigenvalue weighted by Gasteiger charge is 2.26. The second kappa shape index (κ2) is 5.89. The monoisotopic (exact) mass is 395 g/mol. The Hall–Kier alpha value is -1.32. The van der Waals surface area contributed by atoms with Crippen LogP contribution in [-0.4, -0.2) is 10.2 Å². The largest absolute Gasteiger partial charge is 0.276 e. The van der Waals surface area contributed by atoms with Crippen molar-refractivity contribution in [3.8, 4) is 11.3 Å². The summed E-state index contributed by atoms with van der Waals surface area (Å²) < 4.78 is 0. The van der Waals surface area contributed by atoms with Gasteiger partial charge in [-0.3, -0.25) is 4.79 Å². The molecule has 120 valence electrons. The van der Waals surface area contributed by atoms with Crippen LogP contribution in [0.15, 0.2) is 30.3 Å². The van der Waals surface area contributed by atoms with Crippen LogP contribution in [0.1, 0.15) is 21.5 Å². The van der Waals surface area contributed by atoms with Crippen LogP contribution in [0.5, 0.6) is 0 Å². The summed E-state index contributed by atoms with van der Waals surface area (Å²) in [5.41, 5.74) is 4.51. The van der Waals surface area contributed by atoms with Crippen LogP contribution in [0, 0.1) is 0 Å². The van der Waals surface area contributed by atoms with Gasteiger partial charge < -0.3 is 0 Å². The average Bonchev–Trinajstić information content (AvgIpc) is 2.52. The van der Waals surface area contributed by atoms with E-state index in [4.69, 9.17) is 51.4 Å². The van der Waals surface area contributed by atoms with Gasteiger partial charge in [0.25, 0.3) is 5.24 Å². The first-order valence-corrected chi connectivity index (χ1v) is 8.77. The van der Waals surface area contributed by atoms with Crippen LogP contribution in [0.3, 0.4) is 0 Å². The lowest BCUT2D eigenvalue weighted by molar-refractivity contribution is 0.108. The van der Waals surface area contributed by atoms with Crippen LogP contribution >= 0.6 is 46.4 Å². The molecule has 2 nitrogen and oxygen atoms in total. The summed E-state index contributed by atoms with van der Waals surface area (Å²) in [7, 11) is 0. The lowest BCUT2D eigenvalue weighted by Crippen LogP contribution is -2.11. The van der Waals surface area contributed by atoms with E-state index in [0.29, 0.717) is 43.6 Å². The molecular formula is C18H9Cl4NO. The van der Waals surface area contributed by atoms with Crippen LogP contribution < -0.4 is 0 Å². The molecule has 0 bridgehead atoms. The first-order valence-electron chi connectivity index (χ1n) is 7.26. The van der Waals surface area contributed by atoms with Crippen molar-refractivity contribution in [2.24, 2.45) is 0 Å². The highest BCUT2D eigenvalue weighted by Crippen LogP contribution is 2.40. The molecule has 4 rings (SSSR count). The smallest absolute Gasteiger partial charge is 0.253 e. The molecule has 24 heavy (non-hydrogen) atoms. The number of hydrogen-bond acceptors (Lipinski definition) is 2. The van der Waals surface area contributed by atoms with Gasteiger partial charge in [0, 0.05) is 26.6 Å². The van der Waals surface area contributed by atoms with E-state index in [1.165, 1.54) is 0 Å². The summed E-state index contributed by atoms with van der Waals surface area (Å²) in [6.45, 7) is 0. The van der Waals surface area contributed by atoms with Gasteiger partial charge in [-0.05, 0) is 59.8 Å². The molecule has 1 aromatic heterocycles. The number of aryl methyl sites for hydroxylation is 1. The molecule has 0 N–H and O–H groups in total. The number of benzene rings is 2. The van der Waals surface area contributed by atoms with Crippen LogP contribution in [0.25, 0.3) is 22.2 Å². The molecule has 0 radical (unpaired) electrons. The van der Waals surface area contributed by atoms with Gasteiger partial charge in [-0.25, -0.2) is 4.98 Å². The SMILES string of the molecule is O=C(Cl)c1c2c(nc3c(Cl)cc(Cl)cc13)-c1cc(Cl)ccc1CC2. The number of hydrogen-bond donors (Lipinski definition) is 0. The highest BCUT2D eigenvalue weighted by atomic mass is 35.5. The molecule has 0 aliphatic heterocycles. The van der Waals surface area contributed by atoms with E-state index >= 15 is 0 Å². The number of halogens is 4. The van der Waals surface area contributed by atoms with Crippen LogP contribution in [-0.2, 0) is 12.8 Å². The Labute approximate surface area is 158 Å². The maximum Gasteiger partial charge on any atom is 0.253 e. The van der Waals surface area contributed by atoms with Gasteiger partial charge in [-0.15, -0.1) is 0 Å². The molecule has 0 atom stereocenters. The van der Waals surface area contributed by atoms with Crippen molar-refractivity contribution >= 4 is 62.5 Å². The topological polar surface area (TPSA) is 30.0 Å². The van der Waals surface area contributed by atoms with Crippen molar-refractivity contribution in [1.82, 2.24) is 4.98 Å². The Morgan fingerprint density at radius 3 is 2.54 bits per heavy atom. The first-order chi connectivity index (χ1) is 11.5. The van der Waals surface area contributed by atoms with E-state index < -0.39 is 5.24 Å². The fraction of sp³-hybridized carbons (Fsp3) is 0.111. The van der Waals surface area contributed by atoms with Crippen LogP contribution in [0.4, 0.5) is 0 Å². The molecule has 2 aromatic carbocycles. The number of carbonyl (C=O) groups is 1. The molecule has 0 amide bonds. The Morgan fingerprint density at radius 2 is 1.79 bits per heavy atom. The molecule has 0 spiro atoms. The Bertz CT molecular complexity index is 1030. The van der Waals surface area contributed by atoms with Gasteiger partial charge >= 0.3 is 0 Å². The first kappa shape index (κ1) is 16.2. The molecule has 1 aliphatic carbocycles. The molecule has 0 unspecified atom stereocenters. The second-order valence-corrected chi connectivity index (χ2v) is 7.30. The molecule has 1 heterocycles. The number of fused-ring (bicyclic) bond motifs is 4. The number of carbonyl (C=O) groups excluding carboxylic acids is 1. The van der Waals surface area contributed by atoms with E-state index in [9.17, 15) is 4.79 Å². The molecular weight excluding hydrogens is 388 g/mol.